The molecular weight excluding hydrogens is 320 g/mol. The second kappa shape index (κ2) is 8.19. The SMILES string of the molecule is COc1ccc(C2=N/OCCCO/N=C\2c2ccc(OC)cc2)cc1. The fourth-order valence-corrected chi connectivity index (χ4v) is 2.37. The summed E-state index contributed by atoms with van der Waals surface area (Å²) in [5.41, 5.74) is 2.94. The van der Waals surface area contributed by atoms with Gasteiger partial charge in [0.2, 0.25) is 0 Å². The van der Waals surface area contributed by atoms with Crippen LogP contribution in [-0.4, -0.2) is 38.9 Å². The lowest BCUT2D eigenvalue weighted by atomic mass is 10.00. The third kappa shape index (κ3) is 4.09. The highest BCUT2D eigenvalue weighted by molar-refractivity contribution is 6.53. The Morgan fingerprint density at radius 2 is 1.08 bits per heavy atom. The Morgan fingerprint density at radius 3 is 1.44 bits per heavy atom. The molecule has 3 rings (SSSR count). The second-order valence-electron chi connectivity index (χ2n) is 5.36. The van der Waals surface area contributed by atoms with E-state index >= 15 is 0 Å². The molecule has 2 aromatic rings. The summed E-state index contributed by atoms with van der Waals surface area (Å²) in [5.74, 6) is 1.54. The maximum absolute atomic E-state index is 5.45. The van der Waals surface area contributed by atoms with Crippen LogP contribution >= 0.6 is 0 Å². The summed E-state index contributed by atoms with van der Waals surface area (Å²) in [6.45, 7) is 0.954. The Balaban J connectivity index is 2.02. The van der Waals surface area contributed by atoms with E-state index in [0.29, 0.717) is 24.6 Å². The van der Waals surface area contributed by atoms with Crippen LogP contribution in [0.5, 0.6) is 11.5 Å². The fourth-order valence-electron chi connectivity index (χ4n) is 2.37. The van der Waals surface area contributed by atoms with E-state index in [1.165, 1.54) is 0 Å². The van der Waals surface area contributed by atoms with Gasteiger partial charge in [-0.25, -0.2) is 0 Å². The van der Waals surface area contributed by atoms with Crippen LogP contribution in [0.1, 0.15) is 17.5 Å². The molecule has 130 valence electrons. The molecule has 6 heteroatoms. The molecule has 1 aliphatic heterocycles. The zero-order valence-electron chi connectivity index (χ0n) is 14.3. The van der Waals surface area contributed by atoms with Gasteiger partial charge in [-0.05, 0) is 48.5 Å². The van der Waals surface area contributed by atoms with Crippen LogP contribution in [-0.2, 0) is 9.68 Å². The molecule has 0 amide bonds. The third-order valence-electron chi connectivity index (χ3n) is 3.73. The molecule has 0 spiro atoms. The summed E-state index contributed by atoms with van der Waals surface area (Å²) in [6.07, 6.45) is 0.721. The van der Waals surface area contributed by atoms with Crippen molar-refractivity contribution >= 4 is 11.4 Å². The quantitative estimate of drug-likeness (QED) is 0.857. The van der Waals surface area contributed by atoms with E-state index in [4.69, 9.17) is 19.1 Å². The van der Waals surface area contributed by atoms with Gasteiger partial charge in [0.1, 0.15) is 36.1 Å². The molecule has 0 saturated carbocycles. The molecule has 0 unspecified atom stereocenters. The number of hydrogen-bond donors (Lipinski definition) is 0. The van der Waals surface area contributed by atoms with Gasteiger partial charge in [-0.15, -0.1) is 0 Å². The fraction of sp³-hybridized carbons (Fsp3) is 0.263. The smallest absolute Gasteiger partial charge is 0.139 e. The average molecular weight is 340 g/mol. The van der Waals surface area contributed by atoms with Crippen molar-refractivity contribution in [2.24, 2.45) is 10.3 Å². The van der Waals surface area contributed by atoms with Crippen molar-refractivity contribution in [3.63, 3.8) is 0 Å². The molecule has 0 aliphatic carbocycles. The molecule has 0 radical (unpaired) electrons. The van der Waals surface area contributed by atoms with Gasteiger partial charge in [-0.2, -0.15) is 0 Å². The number of ether oxygens (including phenoxy) is 2. The molecular formula is C19H20N2O4. The van der Waals surface area contributed by atoms with E-state index in [1.807, 2.05) is 48.5 Å². The number of hydrogen-bond acceptors (Lipinski definition) is 6. The van der Waals surface area contributed by atoms with Gasteiger partial charge < -0.3 is 19.1 Å². The summed E-state index contributed by atoms with van der Waals surface area (Å²) in [4.78, 5) is 10.9. The van der Waals surface area contributed by atoms with Gasteiger partial charge in [-0.3, -0.25) is 0 Å². The van der Waals surface area contributed by atoms with Crippen LogP contribution in [0.15, 0.2) is 58.8 Å². The lowest BCUT2D eigenvalue weighted by Gasteiger charge is -2.10. The first kappa shape index (κ1) is 16.8. The summed E-state index contributed by atoms with van der Waals surface area (Å²) < 4.78 is 10.4. The summed E-state index contributed by atoms with van der Waals surface area (Å²) in [7, 11) is 3.27. The van der Waals surface area contributed by atoms with E-state index in [2.05, 4.69) is 10.3 Å². The molecule has 25 heavy (non-hydrogen) atoms. The van der Waals surface area contributed by atoms with E-state index < -0.39 is 0 Å². The molecule has 0 saturated heterocycles. The predicted molar refractivity (Wildman–Crippen MR) is 95.6 cm³/mol. The Hall–Kier alpha value is -3.02. The molecule has 0 atom stereocenters. The zero-order chi connectivity index (χ0) is 17.5. The van der Waals surface area contributed by atoms with Gasteiger partial charge in [0.15, 0.2) is 0 Å². The van der Waals surface area contributed by atoms with Crippen LogP contribution in [0.2, 0.25) is 0 Å². The van der Waals surface area contributed by atoms with Crippen molar-refractivity contribution in [2.45, 2.75) is 6.42 Å². The van der Waals surface area contributed by atoms with Gasteiger partial charge in [0, 0.05) is 17.5 Å². The number of methoxy groups -OCH3 is 2. The number of oxime groups is 2. The lowest BCUT2D eigenvalue weighted by Crippen LogP contribution is -2.18. The van der Waals surface area contributed by atoms with Crippen LogP contribution < -0.4 is 9.47 Å². The molecule has 1 aliphatic rings. The monoisotopic (exact) mass is 340 g/mol. The van der Waals surface area contributed by atoms with Gasteiger partial charge in [-0.1, -0.05) is 10.3 Å². The van der Waals surface area contributed by atoms with Crippen LogP contribution in [0, 0.1) is 0 Å². The van der Waals surface area contributed by atoms with Crippen LogP contribution in [0.25, 0.3) is 0 Å². The normalized spacial score (nSPS) is 18.8. The summed E-state index contributed by atoms with van der Waals surface area (Å²) in [5, 5.41) is 8.61. The minimum absolute atomic E-state index is 0.477. The maximum Gasteiger partial charge on any atom is 0.139 e. The van der Waals surface area contributed by atoms with E-state index in [9.17, 15) is 0 Å². The Labute approximate surface area is 146 Å². The minimum atomic E-state index is 0.477. The Kier molecular flexibility index (Phi) is 5.51. The second-order valence-corrected chi connectivity index (χ2v) is 5.36. The van der Waals surface area contributed by atoms with Gasteiger partial charge in [0.05, 0.1) is 14.2 Å². The van der Waals surface area contributed by atoms with Crippen LogP contribution in [0.4, 0.5) is 0 Å². The molecule has 1 heterocycles. The van der Waals surface area contributed by atoms with Gasteiger partial charge >= 0.3 is 0 Å². The number of nitrogens with zero attached hydrogens (tertiary/aromatic N) is 2. The molecule has 0 N–H and O–H groups in total. The van der Waals surface area contributed by atoms with Crippen molar-refractivity contribution in [3.8, 4) is 11.5 Å². The molecule has 0 fully saturated rings. The minimum Gasteiger partial charge on any atom is -0.497 e. The maximum atomic E-state index is 5.45. The summed E-state index contributed by atoms with van der Waals surface area (Å²) >= 11 is 0. The van der Waals surface area contributed by atoms with Crippen molar-refractivity contribution in [2.75, 3.05) is 27.4 Å². The molecule has 2 aromatic carbocycles. The topological polar surface area (TPSA) is 61.6 Å². The predicted octanol–water partition coefficient (Wildman–Crippen LogP) is 3.25. The first-order valence-electron chi connectivity index (χ1n) is 8.01. The Bertz CT molecular complexity index is 686. The third-order valence-corrected chi connectivity index (χ3v) is 3.73. The highest BCUT2D eigenvalue weighted by atomic mass is 16.6. The van der Waals surface area contributed by atoms with E-state index in [-0.39, 0.29) is 0 Å². The molecule has 0 aromatic heterocycles. The molecule has 0 bridgehead atoms. The van der Waals surface area contributed by atoms with Crippen molar-refractivity contribution in [3.05, 3.63) is 59.7 Å². The summed E-state index contributed by atoms with van der Waals surface area (Å²) in [6, 6.07) is 15.1. The average Bonchev–Trinajstić information content (AvgIpc) is 2.80. The first-order chi connectivity index (χ1) is 12.3. The Morgan fingerprint density at radius 1 is 0.680 bits per heavy atom. The highest BCUT2D eigenvalue weighted by Crippen LogP contribution is 2.18. The van der Waals surface area contributed by atoms with E-state index in [1.54, 1.807) is 14.2 Å². The number of benzene rings is 2. The largest absolute Gasteiger partial charge is 0.497 e. The number of rotatable bonds is 4. The van der Waals surface area contributed by atoms with Crippen molar-refractivity contribution in [1.29, 1.82) is 0 Å². The lowest BCUT2D eigenvalue weighted by molar-refractivity contribution is 0.0938. The highest BCUT2D eigenvalue weighted by Gasteiger charge is 2.18. The zero-order valence-corrected chi connectivity index (χ0v) is 14.3. The van der Waals surface area contributed by atoms with Gasteiger partial charge in [0.25, 0.3) is 0 Å². The van der Waals surface area contributed by atoms with Crippen LogP contribution in [0.3, 0.4) is 0 Å². The van der Waals surface area contributed by atoms with Crippen molar-refractivity contribution < 1.29 is 19.1 Å². The molecule has 6 nitrogen and oxygen atoms in total. The van der Waals surface area contributed by atoms with Crippen molar-refractivity contribution in [1.82, 2.24) is 0 Å². The van der Waals surface area contributed by atoms with E-state index in [0.717, 1.165) is 29.0 Å². The first-order valence-corrected chi connectivity index (χ1v) is 8.01. The standard InChI is InChI=1S/C19H20N2O4/c1-22-16-8-4-14(5-9-16)18-19(21-25-13-3-12-24-20-18)15-6-10-17(23-2)11-7-15/h4-11H,3,12-13H2,1-2H3/b20-18-,21-19-.